The maximum absolute atomic E-state index is 5.81. The van der Waals surface area contributed by atoms with Crippen LogP contribution in [0, 0.1) is 0 Å². The quantitative estimate of drug-likeness (QED) is 0.563. The Morgan fingerprint density at radius 1 is 1.67 bits per heavy atom. The number of rotatable bonds is 3. The Labute approximate surface area is 89.6 Å². The molecule has 3 N–H and O–H groups in total. The molecule has 15 heavy (non-hydrogen) atoms. The molecule has 5 nitrogen and oxygen atoms in total. The summed E-state index contributed by atoms with van der Waals surface area (Å²) in [5.41, 5.74) is 3.89. The summed E-state index contributed by atoms with van der Waals surface area (Å²) < 4.78 is 7.64. The van der Waals surface area contributed by atoms with Gasteiger partial charge in [0, 0.05) is 13.2 Å². The number of hydrogen-bond donors (Lipinski definition) is 2. The van der Waals surface area contributed by atoms with Crippen molar-refractivity contribution >= 4 is 0 Å². The molecule has 0 radical (unpaired) electrons. The highest BCUT2D eigenvalue weighted by Gasteiger charge is 2.31. The van der Waals surface area contributed by atoms with Crippen LogP contribution in [0.3, 0.4) is 0 Å². The van der Waals surface area contributed by atoms with Crippen LogP contribution in [0.4, 0.5) is 0 Å². The van der Waals surface area contributed by atoms with Crippen molar-refractivity contribution in [3.05, 3.63) is 18.0 Å². The smallest absolute Gasteiger partial charge is 0.0890 e. The molecule has 2 heterocycles. The van der Waals surface area contributed by atoms with E-state index in [1.807, 2.05) is 17.8 Å². The fourth-order valence-electron chi connectivity index (χ4n) is 2.15. The predicted octanol–water partition coefficient (Wildman–Crippen LogP) is 0.492. The molecule has 5 heteroatoms. The standard InChI is InChI=1S/C10H18N4O/c1-7-3-4-9(15-7)10(13-11)8-5-6-12-14(8)2/h5-7,9-10,13H,3-4,11H2,1-2H3. The van der Waals surface area contributed by atoms with Gasteiger partial charge in [0.15, 0.2) is 0 Å². The number of nitrogens with two attached hydrogens (primary N) is 1. The minimum Gasteiger partial charge on any atom is -0.373 e. The van der Waals surface area contributed by atoms with Crippen molar-refractivity contribution in [3.63, 3.8) is 0 Å². The monoisotopic (exact) mass is 210 g/mol. The van der Waals surface area contributed by atoms with E-state index in [2.05, 4.69) is 17.4 Å². The van der Waals surface area contributed by atoms with Crippen LogP contribution in [0.15, 0.2) is 12.3 Å². The second kappa shape index (κ2) is 4.30. The Bertz CT molecular complexity index is 325. The Morgan fingerprint density at radius 2 is 2.47 bits per heavy atom. The molecule has 1 saturated heterocycles. The molecule has 2 rings (SSSR count). The molecule has 3 unspecified atom stereocenters. The van der Waals surface area contributed by atoms with E-state index >= 15 is 0 Å². The fourth-order valence-corrected chi connectivity index (χ4v) is 2.15. The summed E-state index contributed by atoms with van der Waals surface area (Å²) in [5.74, 6) is 5.59. The molecule has 84 valence electrons. The lowest BCUT2D eigenvalue weighted by atomic mass is 10.1. The molecule has 1 aromatic heterocycles. The Morgan fingerprint density at radius 3 is 2.93 bits per heavy atom. The molecule has 1 aliphatic rings. The van der Waals surface area contributed by atoms with Gasteiger partial charge in [0.1, 0.15) is 0 Å². The highest BCUT2D eigenvalue weighted by molar-refractivity contribution is 5.09. The van der Waals surface area contributed by atoms with Crippen molar-refractivity contribution < 1.29 is 4.74 Å². The number of hydrogen-bond acceptors (Lipinski definition) is 4. The van der Waals surface area contributed by atoms with E-state index in [1.165, 1.54) is 0 Å². The van der Waals surface area contributed by atoms with Crippen LogP contribution in [0.25, 0.3) is 0 Å². The van der Waals surface area contributed by atoms with Crippen molar-refractivity contribution in [3.8, 4) is 0 Å². The summed E-state index contributed by atoms with van der Waals surface area (Å²) >= 11 is 0. The zero-order chi connectivity index (χ0) is 10.8. The second-order valence-electron chi connectivity index (χ2n) is 4.09. The van der Waals surface area contributed by atoms with Crippen LogP contribution in [0.2, 0.25) is 0 Å². The molecule has 0 aliphatic carbocycles. The lowest BCUT2D eigenvalue weighted by Crippen LogP contribution is -2.37. The number of nitrogens with one attached hydrogen (secondary N) is 1. The molecule has 1 aromatic rings. The summed E-state index contributed by atoms with van der Waals surface area (Å²) in [6.45, 7) is 2.09. The maximum Gasteiger partial charge on any atom is 0.0890 e. The molecular weight excluding hydrogens is 192 g/mol. The van der Waals surface area contributed by atoms with Crippen molar-refractivity contribution in [1.29, 1.82) is 0 Å². The number of hydrazine groups is 1. The van der Waals surface area contributed by atoms with Gasteiger partial charge in [-0.1, -0.05) is 0 Å². The van der Waals surface area contributed by atoms with Gasteiger partial charge in [0.2, 0.25) is 0 Å². The number of aromatic nitrogens is 2. The lowest BCUT2D eigenvalue weighted by molar-refractivity contribution is 0.0298. The first-order valence-corrected chi connectivity index (χ1v) is 5.32. The first-order chi connectivity index (χ1) is 7.22. The minimum atomic E-state index is 0.0300. The summed E-state index contributed by atoms with van der Waals surface area (Å²) in [6.07, 6.45) is 4.40. The minimum absolute atomic E-state index is 0.0300. The second-order valence-corrected chi connectivity index (χ2v) is 4.09. The first kappa shape index (κ1) is 10.6. The van der Waals surface area contributed by atoms with Gasteiger partial charge in [0.05, 0.1) is 23.9 Å². The third-order valence-corrected chi connectivity index (χ3v) is 2.99. The van der Waals surface area contributed by atoms with E-state index in [9.17, 15) is 0 Å². The molecule has 0 spiro atoms. The van der Waals surface area contributed by atoms with E-state index in [1.54, 1.807) is 6.20 Å². The highest BCUT2D eigenvalue weighted by Crippen LogP contribution is 2.29. The average Bonchev–Trinajstić information content (AvgIpc) is 2.79. The zero-order valence-electron chi connectivity index (χ0n) is 9.18. The Balaban J connectivity index is 2.14. The van der Waals surface area contributed by atoms with Crippen LogP contribution >= 0.6 is 0 Å². The molecule has 0 amide bonds. The first-order valence-electron chi connectivity index (χ1n) is 5.32. The number of nitrogens with zero attached hydrogens (tertiary/aromatic N) is 2. The Hall–Kier alpha value is -0.910. The summed E-state index contributed by atoms with van der Waals surface area (Å²) in [5, 5.41) is 4.14. The molecule has 1 aliphatic heterocycles. The summed E-state index contributed by atoms with van der Waals surface area (Å²) in [7, 11) is 1.91. The Kier molecular flexibility index (Phi) is 3.04. The van der Waals surface area contributed by atoms with Gasteiger partial charge in [-0.3, -0.25) is 10.5 Å². The van der Waals surface area contributed by atoms with Crippen LogP contribution in [-0.2, 0) is 11.8 Å². The van der Waals surface area contributed by atoms with Crippen LogP contribution in [0.5, 0.6) is 0 Å². The van der Waals surface area contributed by atoms with Crippen LogP contribution in [-0.4, -0.2) is 22.0 Å². The maximum atomic E-state index is 5.81. The predicted molar refractivity (Wildman–Crippen MR) is 56.8 cm³/mol. The average molecular weight is 210 g/mol. The van der Waals surface area contributed by atoms with Crippen molar-refractivity contribution in [1.82, 2.24) is 15.2 Å². The van der Waals surface area contributed by atoms with E-state index in [4.69, 9.17) is 10.6 Å². The number of ether oxygens (including phenoxy) is 1. The van der Waals surface area contributed by atoms with Gasteiger partial charge in [-0.05, 0) is 25.8 Å². The summed E-state index contributed by atoms with van der Waals surface area (Å²) in [4.78, 5) is 0. The van der Waals surface area contributed by atoms with E-state index in [-0.39, 0.29) is 12.1 Å². The molecule has 1 fully saturated rings. The topological polar surface area (TPSA) is 65.1 Å². The largest absolute Gasteiger partial charge is 0.373 e. The van der Waals surface area contributed by atoms with Crippen LogP contribution in [0.1, 0.15) is 31.5 Å². The normalized spacial score (nSPS) is 28.2. The van der Waals surface area contributed by atoms with Gasteiger partial charge in [-0.15, -0.1) is 0 Å². The molecule has 0 bridgehead atoms. The summed E-state index contributed by atoms with van der Waals surface area (Å²) in [6, 6.07) is 2.00. The van der Waals surface area contributed by atoms with Crippen molar-refractivity contribution in [2.45, 2.75) is 38.0 Å². The van der Waals surface area contributed by atoms with E-state index in [0.29, 0.717) is 6.10 Å². The van der Waals surface area contributed by atoms with Gasteiger partial charge >= 0.3 is 0 Å². The highest BCUT2D eigenvalue weighted by atomic mass is 16.5. The van der Waals surface area contributed by atoms with Gasteiger partial charge in [-0.25, -0.2) is 5.43 Å². The van der Waals surface area contributed by atoms with Gasteiger partial charge in [-0.2, -0.15) is 5.10 Å². The lowest BCUT2D eigenvalue weighted by Gasteiger charge is -2.22. The molecule has 0 saturated carbocycles. The van der Waals surface area contributed by atoms with Crippen molar-refractivity contribution in [2.75, 3.05) is 0 Å². The van der Waals surface area contributed by atoms with E-state index in [0.717, 1.165) is 18.5 Å². The van der Waals surface area contributed by atoms with Gasteiger partial charge < -0.3 is 4.74 Å². The van der Waals surface area contributed by atoms with Gasteiger partial charge in [0.25, 0.3) is 0 Å². The molecule has 3 atom stereocenters. The van der Waals surface area contributed by atoms with Crippen LogP contribution < -0.4 is 11.3 Å². The third kappa shape index (κ3) is 2.04. The number of aryl methyl sites for hydroxylation is 1. The molecule has 0 aromatic carbocycles. The zero-order valence-corrected chi connectivity index (χ0v) is 9.18. The third-order valence-electron chi connectivity index (χ3n) is 2.99. The molecular formula is C10H18N4O. The fraction of sp³-hybridized carbons (Fsp3) is 0.700. The van der Waals surface area contributed by atoms with Crippen molar-refractivity contribution in [2.24, 2.45) is 12.9 Å². The van der Waals surface area contributed by atoms with E-state index < -0.39 is 0 Å². The SMILES string of the molecule is CC1CCC(C(NN)c2ccnn2C)O1.